The van der Waals surface area contributed by atoms with Crippen molar-refractivity contribution in [3.8, 4) is 0 Å². The Kier molecular flexibility index (Phi) is 4.20. The van der Waals surface area contributed by atoms with E-state index in [1.54, 1.807) is 18.2 Å². The summed E-state index contributed by atoms with van der Waals surface area (Å²) < 4.78 is 4.91. The molecule has 0 saturated carbocycles. The van der Waals surface area contributed by atoms with Crippen LogP contribution in [-0.2, 0) is 4.74 Å². The molecule has 14 heavy (non-hydrogen) atoms. The van der Waals surface area contributed by atoms with E-state index in [0.717, 1.165) is 5.56 Å². The minimum atomic E-state index is -0.330. The molecule has 0 bridgehead atoms. The third-order valence-corrected chi connectivity index (χ3v) is 1.83. The number of esters is 1. The zero-order valence-corrected chi connectivity index (χ0v) is 8.62. The van der Waals surface area contributed by atoms with E-state index in [4.69, 9.17) is 16.3 Å². The van der Waals surface area contributed by atoms with E-state index in [0.29, 0.717) is 5.56 Å². The number of carbonyl (C=O) groups excluding carboxylic acids is 1. The molecule has 0 radical (unpaired) electrons. The van der Waals surface area contributed by atoms with E-state index in [9.17, 15) is 4.79 Å². The van der Waals surface area contributed by atoms with Gasteiger partial charge in [-0.15, -0.1) is 0 Å². The lowest BCUT2D eigenvalue weighted by Crippen LogP contribution is -2.04. The van der Waals surface area contributed by atoms with Crippen LogP contribution in [0, 0.1) is 6.92 Å². The van der Waals surface area contributed by atoms with Gasteiger partial charge >= 0.3 is 5.97 Å². The molecule has 0 aromatic heterocycles. The van der Waals surface area contributed by atoms with E-state index in [1.165, 1.54) is 5.54 Å². The summed E-state index contributed by atoms with van der Waals surface area (Å²) in [5, 5.41) is 0. The van der Waals surface area contributed by atoms with Crippen LogP contribution < -0.4 is 0 Å². The molecule has 0 atom stereocenters. The Balaban J connectivity index is 2.60. The van der Waals surface area contributed by atoms with Crippen LogP contribution >= 0.6 is 11.6 Å². The second-order valence-electron chi connectivity index (χ2n) is 2.83. The van der Waals surface area contributed by atoms with Crippen LogP contribution in [0.25, 0.3) is 0 Å². The highest BCUT2D eigenvalue weighted by Gasteiger charge is 2.04. The smallest absolute Gasteiger partial charge is 0.338 e. The van der Waals surface area contributed by atoms with Gasteiger partial charge in [-0.25, -0.2) is 4.79 Å². The van der Waals surface area contributed by atoms with Gasteiger partial charge in [0.1, 0.15) is 6.61 Å². The van der Waals surface area contributed by atoms with Crippen molar-refractivity contribution in [3.05, 3.63) is 47.0 Å². The number of benzene rings is 1. The molecule has 0 aliphatic carbocycles. The zero-order valence-electron chi connectivity index (χ0n) is 7.87. The van der Waals surface area contributed by atoms with Crippen molar-refractivity contribution < 1.29 is 9.53 Å². The van der Waals surface area contributed by atoms with E-state index >= 15 is 0 Å². The summed E-state index contributed by atoms with van der Waals surface area (Å²) in [6.07, 6.45) is 1.56. The van der Waals surface area contributed by atoms with Crippen molar-refractivity contribution in [1.29, 1.82) is 0 Å². The number of halogens is 1. The normalized spacial score (nSPS) is 10.4. The maximum absolute atomic E-state index is 11.4. The van der Waals surface area contributed by atoms with Crippen molar-refractivity contribution in [3.63, 3.8) is 0 Å². The Morgan fingerprint density at radius 2 is 2.36 bits per heavy atom. The molecule has 2 nitrogen and oxygen atoms in total. The van der Waals surface area contributed by atoms with Crippen molar-refractivity contribution in [1.82, 2.24) is 0 Å². The lowest BCUT2D eigenvalue weighted by molar-refractivity contribution is 0.0549. The highest BCUT2D eigenvalue weighted by Crippen LogP contribution is 2.05. The lowest BCUT2D eigenvalue weighted by atomic mass is 10.1. The molecule has 1 aromatic carbocycles. The second-order valence-corrected chi connectivity index (χ2v) is 3.08. The number of hydrogen-bond donors (Lipinski definition) is 0. The Morgan fingerprint density at radius 3 is 3.00 bits per heavy atom. The first-order valence-electron chi connectivity index (χ1n) is 4.23. The summed E-state index contributed by atoms with van der Waals surface area (Å²) in [4.78, 5) is 11.4. The van der Waals surface area contributed by atoms with Gasteiger partial charge in [-0.2, -0.15) is 0 Å². The zero-order chi connectivity index (χ0) is 10.4. The Hall–Kier alpha value is -1.28. The minimum absolute atomic E-state index is 0.205. The fourth-order valence-corrected chi connectivity index (χ4v) is 1.09. The summed E-state index contributed by atoms with van der Waals surface area (Å²) in [6, 6.07) is 7.26. The van der Waals surface area contributed by atoms with Crippen LogP contribution in [0.2, 0.25) is 0 Å². The number of aryl methyl sites for hydroxylation is 1. The molecule has 0 saturated heterocycles. The summed E-state index contributed by atoms with van der Waals surface area (Å²) in [6.45, 7) is 2.13. The molecule has 3 heteroatoms. The van der Waals surface area contributed by atoms with Crippen LogP contribution in [-0.4, -0.2) is 12.6 Å². The van der Waals surface area contributed by atoms with Crippen molar-refractivity contribution in [2.24, 2.45) is 0 Å². The van der Waals surface area contributed by atoms with E-state index in [2.05, 4.69) is 0 Å². The van der Waals surface area contributed by atoms with Gasteiger partial charge < -0.3 is 4.74 Å². The van der Waals surface area contributed by atoms with Crippen LogP contribution in [0.4, 0.5) is 0 Å². The van der Waals surface area contributed by atoms with Gasteiger partial charge in [-0.3, -0.25) is 0 Å². The molecule has 1 aromatic rings. The van der Waals surface area contributed by atoms with Gasteiger partial charge in [0.25, 0.3) is 0 Å². The standard InChI is InChI=1S/C11H11ClO2/c1-9-4-2-5-10(8-9)11(13)14-7-3-6-12/h2-6,8H,7H2,1H3/b6-3+. The predicted octanol–water partition coefficient (Wildman–Crippen LogP) is 2.90. The molecular formula is C11H11ClO2. The van der Waals surface area contributed by atoms with Crippen LogP contribution in [0.15, 0.2) is 35.9 Å². The predicted molar refractivity (Wildman–Crippen MR) is 56.5 cm³/mol. The van der Waals surface area contributed by atoms with Gasteiger partial charge in [0, 0.05) is 5.54 Å². The molecule has 0 amide bonds. The first kappa shape index (κ1) is 10.8. The van der Waals surface area contributed by atoms with Gasteiger partial charge in [0.15, 0.2) is 0 Å². The second kappa shape index (κ2) is 5.45. The van der Waals surface area contributed by atoms with Crippen molar-refractivity contribution in [2.45, 2.75) is 6.92 Å². The van der Waals surface area contributed by atoms with E-state index < -0.39 is 0 Å². The fraction of sp³-hybridized carbons (Fsp3) is 0.182. The molecule has 0 spiro atoms. The molecular weight excluding hydrogens is 200 g/mol. The van der Waals surface area contributed by atoms with Crippen LogP contribution in [0.1, 0.15) is 15.9 Å². The quantitative estimate of drug-likeness (QED) is 0.718. The first-order chi connectivity index (χ1) is 6.74. The third-order valence-electron chi connectivity index (χ3n) is 1.65. The minimum Gasteiger partial charge on any atom is -0.458 e. The molecule has 0 fully saturated rings. The summed E-state index contributed by atoms with van der Waals surface area (Å²) in [5.41, 5.74) is 2.92. The maximum Gasteiger partial charge on any atom is 0.338 e. The molecule has 0 aliphatic rings. The fourth-order valence-electron chi connectivity index (χ4n) is 1.02. The monoisotopic (exact) mass is 210 g/mol. The largest absolute Gasteiger partial charge is 0.458 e. The Bertz CT molecular complexity index is 345. The topological polar surface area (TPSA) is 26.3 Å². The molecule has 74 valence electrons. The number of hydrogen-bond acceptors (Lipinski definition) is 2. The molecule has 0 unspecified atom stereocenters. The molecule has 1 rings (SSSR count). The Labute approximate surface area is 88.1 Å². The number of rotatable bonds is 3. The lowest BCUT2D eigenvalue weighted by Gasteiger charge is -2.01. The van der Waals surface area contributed by atoms with E-state index in [1.807, 2.05) is 19.1 Å². The SMILES string of the molecule is Cc1cccc(C(=O)OC/C=C/Cl)c1. The maximum atomic E-state index is 11.4. The number of ether oxygens (including phenoxy) is 1. The average Bonchev–Trinajstić information content (AvgIpc) is 2.18. The van der Waals surface area contributed by atoms with Gasteiger partial charge in [-0.05, 0) is 25.1 Å². The van der Waals surface area contributed by atoms with Crippen molar-refractivity contribution >= 4 is 17.6 Å². The summed E-state index contributed by atoms with van der Waals surface area (Å²) >= 11 is 5.28. The summed E-state index contributed by atoms with van der Waals surface area (Å²) in [5.74, 6) is -0.330. The molecule has 0 N–H and O–H groups in total. The molecule has 0 aliphatic heterocycles. The van der Waals surface area contributed by atoms with Gasteiger partial charge in [-0.1, -0.05) is 29.3 Å². The highest BCUT2D eigenvalue weighted by atomic mass is 35.5. The highest BCUT2D eigenvalue weighted by molar-refractivity contribution is 6.25. The Morgan fingerprint density at radius 1 is 1.57 bits per heavy atom. The number of carbonyl (C=O) groups is 1. The average molecular weight is 211 g/mol. The first-order valence-corrected chi connectivity index (χ1v) is 4.66. The van der Waals surface area contributed by atoms with Gasteiger partial charge in [0.05, 0.1) is 5.56 Å². The third kappa shape index (κ3) is 3.23. The summed E-state index contributed by atoms with van der Waals surface area (Å²) in [7, 11) is 0. The van der Waals surface area contributed by atoms with Crippen LogP contribution in [0.3, 0.4) is 0 Å². The van der Waals surface area contributed by atoms with Gasteiger partial charge in [0.2, 0.25) is 0 Å². The van der Waals surface area contributed by atoms with E-state index in [-0.39, 0.29) is 12.6 Å². The van der Waals surface area contributed by atoms with Crippen molar-refractivity contribution in [2.75, 3.05) is 6.61 Å². The van der Waals surface area contributed by atoms with Crippen LogP contribution in [0.5, 0.6) is 0 Å². The molecule has 0 heterocycles.